The van der Waals surface area contributed by atoms with Crippen LogP contribution < -0.4 is 0 Å². The highest BCUT2D eigenvalue weighted by molar-refractivity contribution is 5.76. The Morgan fingerprint density at radius 2 is 1.77 bits per heavy atom. The van der Waals surface area contributed by atoms with Gasteiger partial charge in [-0.25, -0.2) is 0 Å². The molecule has 2 nitrogen and oxygen atoms in total. The number of amides is 1. The Hall–Kier alpha value is -0.530. The van der Waals surface area contributed by atoms with E-state index in [9.17, 15) is 4.79 Å². The molecule has 0 aromatic heterocycles. The van der Waals surface area contributed by atoms with Crippen molar-refractivity contribution in [3.8, 4) is 0 Å². The average Bonchev–Trinajstić information content (AvgIpc) is 2.12. The number of carbonyl (C=O) groups is 1. The molecule has 1 aliphatic carbocycles. The standard InChI is InChI=1S/C11H19NO/c13-11(9-10-5-4-6-10)12-7-2-1-3-8-12/h10H,1-9H2. The predicted octanol–water partition coefficient (Wildman–Crippen LogP) is 2.19. The van der Waals surface area contributed by atoms with Crippen molar-refractivity contribution in [1.29, 1.82) is 0 Å². The number of hydrogen-bond acceptors (Lipinski definition) is 1. The van der Waals surface area contributed by atoms with Gasteiger partial charge in [0, 0.05) is 19.5 Å². The molecular weight excluding hydrogens is 162 g/mol. The molecule has 0 radical (unpaired) electrons. The van der Waals surface area contributed by atoms with Crippen LogP contribution in [0, 0.1) is 5.92 Å². The van der Waals surface area contributed by atoms with Crippen LogP contribution in [-0.2, 0) is 4.79 Å². The van der Waals surface area contributed by atoms with Crippen molar-refractivity contribution >= 4 is 5.91 Å². The molecule has 0 atom stereocenters. The average molecular weight is 181 g/mol. The Labute approximate surface area is 80.3 Å². The fraction of sp³-hybridized carbons (Fsp3) is 0.909. The molecule has 1 aliphatic heterocycles. The Balaban J connectivity index is 1.74. The Morgan fingerprint density at radius 3 is 2.31 bits per heavy atom. The van der Waals surface area contributed by atoms with Gasteiger partial charge in [-0.05, 0) is 38.0 Å². The van der Waals surface area contributed by atoms with Gasteiger partial charge in [0.2, 0.25) is 5.91 Å². The number of piperidine rings is 1. The minimum atomic E-state index is 0.421. The molecule has 0 aromatic carbocycles. The topological polar surface area (TPSA) is 20.3 Å². The molecular formula is C11H19NO. The van der Waals surface area contributed by atoms with Crippen molar-refractivity contribution in [3.63, 3.8) is 0 Å². The number of rotatable bonds is 2. The lowest BCUT2D eigenvalue weighted by Gasteiger charge is -2.31. The maximum atomic E-state index is 11.7. The van der Waals surface area contributed by atoms with Crippen molar-refractivity contribution in [1.82, 2.24) is 4.90 Å². The summed E-state index contributed by atoms with van der Waals surface area (Å²) >= 11 is 0. The van der Waals surface area contributed by atoms with Crippen molar-refractivity contribution in [2.45, 2.75) is 44.9 Å². The molecule has 13 heavy (non-hydrogen) atoms. The van der Waals surface area contributed by atoms with Crippen LogP contribution in [-0.4, -0.2) is 23.9 Å². The molecule has 1 saturated carbocycles. The van der Waals surface area contributed by atoms with E-state index in [0.717, 1.165) is 25.4 Å². The molecule has 2 fully saturated rings. The fourth-order valence-corrected chi connectivity index (χ4v) is 2.22. The normalized spacial score (nSPS) is 24.2. The highest BCUT2D eigenvalue weighted by Gasteiger charge is 2.24. The molecule has 2 aliphatic rings. The smallest absolute Gasteiger partial charge is 0.222 e. The van der Waals surface area contributed by atoms with E-state index < -0.39 is 0 Å². The molecule has 0 spiro atoms. The van der Waals surface area contributed by atoms with Gasteiger partial charge in [-0.1, -0.05) is 6.42 Å². The maximum Gasteiger partial charge on any atom is 0.222 e. The van der Waals surface area contributed by atoms with Crippen LogP contribution in [0.1, 0.15) is 44.9 Å². The summed E-state index contributed by atoms with van der Waals surface area (Å²) in [5.41, 5.74) is 0. The molecule has 1 saturated heterocycles. The van der Waals surface area contributed by atoms with E-state index in [1.165, 1.54) is 38.5 Å². The Kier molecular flexibility index (Phi) is 2.87. The molecule has 2 rings (SSSR count). The third-order valence-corrected chi connectivity index (χ3v) is 3.40. The van der Waals surface area contributed by atoms with E-state index in [-0.39, 0.29) is 0 Å². The molecule has 2 heteroatoms. The van der Waals surface area contributed by atoms with Crippen LogP contribution in [0.2, 0.25) is 0 Å². The van der Waals surface area contributed by atoms with Crippen molar-refractivity contribution in [3.05, 3.63) is 0 Å². The van der Waals surface area contributed by atoms with Gasteiger partial charge in [-0.2, -0.15) is 0 Å². The summed E-state index contributed by atoms with van der Waals surface area (Å²) in [4.78, 5) is 13.8. The van der Waals surface area contributed by atoms with Crippen LogP contribution in [0.3, 0.4) is 0 Å². The van der Waals surface area contributed by atoms with Gasteiger partial charge in [0.1, 0.15) is 0 Å². The lowest BCUT2D eigenvalue weighted by atomic mass is 9.82. The van der Waals surface area contributed by atoms with Gasteiger partial charge in [-0.15, -0.1) is 0 Å². The summed E-state index contributed by atoms with van der Waals surface area (Å²) in [6.45, 7) is 2.04. The van der Waals surface area contributed by atoms with Crippen LogP contribution in [0.15, 0.2) is 0 Å². The zero-order chi connectivity index (χ0) is 9.10. The molecule has 0 bridgehead atoms. The highest BCUT2D eigenvalue weighted by Crippen LogP contribution is 2.30. The van der Waals surface area contributed by atoms with Gasteiger partial charge < -0.3 is 4.90 Å². The molecule has 0 N–H and O–H groups in total. The minimum Gasteiger partial charge on any atom is -0.343 e. The second-order valence-electron chi connectivity index (χ2n) is 4.44. The van der Waals surface area contributed by atoms with Crippen molar-refractivity contribution < 1.29 is 4.79 Å². The third-order valence-electron chi connectivity index (χ3n) is 3.40. The predicted molar refractivity (Wildman–Crippen MR) is 52.4 cm³/mol. The lowest BCUT2D eigenvalue weighted by Crippen LogP contribution is -2.37. The first-order valence-corrected chi connectivity index (χ1v) is 5.64. The molecule has 1 amide bonds. The van der Waals surface area contributed by atoms with Gasteiger partial charge in [0.25, 0.3) is 0 Å². The number of carbonyl (C=O) groups excluding carboxylic acids is 1. The largest absolute Gasteiger partial charge is 0.343 e. The highest BCUT2D eigenvalue weighted by atomic mass is 16.2. The van der Waals surface area contributed by atoms with E-state index >= 15 is 0 Å². The summed E-state index contributed by atoms with van der Waals surface area (Å²) in [6, 6.07) is 0. The van der Waals surface area contributed by atoms with Crippen LogP contribution in [0.4, 0.5) is 0 Å². The monoisotopic (exact) mass is 181 g/mol. The second-order valence-corrected chi connectivity index (χ2v) is 4.44. The summed E-state index contributed by atoms with van der Waals surface area (Å²) in [5.74, 6) is 1.15. The zero-order valence-corrected chi connectivity index (χ0v) is 8.30. The first kappa shape index (κ1) is 9.04. The summed E-state index contributed by atoms with van der Waals surface area (Å²) in [6.07, 6.45) is 8.51. The quantitative estimate of drug-likeness (QED) is 0.639. The second kappa shape index (κ2) is 4.12. The lowest BCUT2D eigenvalue weighted by molar-refractivity contribution is -0.133. The van der Waals surface area contributed by atoms with Gasteiger partial charge in [-0.3, -0.25) is 4.79 Å². The Morgan fingerprint density at radius 1 is 1.08 bits per heavy atom. The SMILES string of the molecule is O=C(CC1CCC1)N1CCCCC1. The van der Waals surface area contributed by atoms with Crippen LogP contribution in [0.25, 0.3) is 0 Å². The molecule has 1 heterocycles. The van der Waals surface area contributed by atoms with E-state index in [0.29, 0.717) is 5.91 Å². The van der Waals surface area contributed by atoms with E-state index in [2.05, 4.69) is 4.90 Å². The van der Waals surface area contributed by atoms with Gasteiger partial charge in [0.05, 0.1) is 0 Å². The Bertz CT molecular complexity index is 181. The summed E-state index contributed by atoms with van der Waals surface area (Å²) in [7, 11) is 0. The molecule has 0 unspecified atom stereocenters. The van der Waals surface area contributed by atoms with Crippen LogP contribution >= 0.6 is 0 Å². The zero-order valence-electron chi connectivity index (χ0n) is 8.30. The van der Waals surface area contributed by atoms with Crippen LogP contribution in [0.5, 0.6) is 0 Å². The number of hydrogen-bond donors (Lipinski definition) is 0. The first-order valence-electron chi connectivity index (χ1n) is 5.64. The third kappa shape index (κ3) is 2.23. The van der Waals surface area contributed by atoms with E-state index in [4.69, 9.17) is 0 Å². The maximum absolute atomic E-state index is 11.7. The molecule has 74 valence electrons. The van der Waals surface area contributed by atoms with Crippen molar-refractivity contribution in [2.24, 2.45) is 5.92 Å². The first-order chi connectivity index (χ1) is 6.36. The van der Waals surface area contributed by atoms with Crippen molar-refractivity contribution in [2.75, 3.05) is 13.1 Å². The number of nitrogens with zero attached hydrogens (tertiary/aromatic N) is 1. The van der Waals surface area contributed by atoms with E-state index in [1.54, 1.807) is 0 Å². The van der Waals surface area contributed by atoms with E-state index in [1.807, 2.05) is 0 Å². The fourth-order valence-electron chi connectivity index (χ4n) is 2.22. The summed E-state index contributed by atoms with van der Waals surface area (Å²) < 4.78 is 0. The van der Waals surface area contributed by atoms with Gasteiger partial charge >= 0.3 is 0 Å². The van der Waals surface area contributed by atoms with Gasteiger partial charge in [0.15, 0.2) is 0 Å². The number of likely N-dealkylation sites (tertiary alicyclic amines) is 1. The molecule has 0 aromatic rings. The summed E-state index contributed by atoms with van der Waals surface area (Å²) in [5, 5.41) is 0. The minimum absolute atomic E-state index is 0.421.